The molecular weight excluding hydrogens is 400 g/mol. The van der Waals surface area contributed by atoms with E-state index in [1.807, 2.05) is 0 Å². The Hall–Kier alpha value is -0.620. The van der Waals surface area contributed by atoms with Crippen LogP contribution in [-0.2, 0) is 4.74 Å². The van der Waals surface area contributed by atoms with Gasteiger partial charge in [0.05, 0.1) is 31.5 Å². The summed E-state index contributed by atoms with van der Waals surface area (Å²) in [5.41, 5.74) is 0.395. The van der Waals surface area contributed by atoms with Gasteiger partial charge >= 0.3 is 0 Å². The number of aliphatic hydroxyl groups excluding tert-OH is 2. The number of hydrogen-bond donors (Lipinski definition) is 2. The third kappa shape index (κ3) is 3.17. The minimum atomic E-state index is -0.198. The SMILES string of the molecule is C[C@]12C[C@H](N3CCOCC3)[C@H](O)C[C@@H]1CC[C@@H]1[C@@H]2CC[C@]2(C)[C@H](O)[C@H](N3C=CCC3)C[C@@H]12. The van der Waals surface area contributed by atoms with E-state index < -0.39 is 0 Å². The Bertz CT molecular complexity index is 738. The van der Waals surface area contributed by atoms with E-state index >= 15 is 0 Å². The van der Waals surface area contributed by atoms with Crippen molar-refractivity contribution < 1.29 is 14.9 Å². The zero-order valence-corrected chi connectivity index (χ0v) is 20.2. The van der Waals surface area contributed by atoms with Crippen LogP contribution in [0.3, 0.4) is 0 Å². The lowest BCUT2D eigenvalue weighted by Gasteiger charge is -2.62. The maximum atomic E-state index is 11.5. The van der Waals surface area contributed by atoms with Crippen molar-refractivity contribution in [2.24, 2.45) is 34.5 Å². The lowest BCUT2D eigenvalue weighted by atomic mass is 9.44. The second-order valence-electron chi connectivity index (χ2n) is 12.6. The maximum absolute atomic E-state index is 11.5. The molecule has 0 aromatic heterocycles. The second kappa shape index (κ2) is 7.96. The molecule has 32 heavy (non-hydrogen) atoms. The van der Waals surface area contributed by atoms with Crippen molar-refractivity contribution in [1.82, 2.24) is 9.80 Å². The van der Waals surface area contributed by atoms with Gasteiger partial charge in [0.2, 0.25) is 0 Å². The second-order valence-corrected chi connectivity index (χ2v) is 12.6. The van der Waals surface area contributed by atoms with Gasteiger partial charge in [0.25, 0.3) is 0 Å². The standard InChI is InChI=1S/C27H44N2O3/c1-26-8-7-20-19(21(26)16-22(25(26)31)28-9-3-4-10-28)6-5-18-15-24(30)23(17-27(18,20)2)29-11-13-32-14-12-29/h3,9,18-25,30-31H,4-8,10-17H2,1-2H3/t18-,19+,20-,21-,22+,23-,24+,25+,26-,27-/m0/s1. The molecule has 0 bridgehead atoms. The van der Waals surface area contributed by atoms with Crippen LogP contribution in [0.5, 0.6) is 0 Å². The Morgan fingerprint density at radius 1 is 0.906 bits per heavy atom. The molecule has 5 nitrogen and oxygen atoms in total. The van der Waals surface area contributed by atoms with Crippen LogP contribution in [0.25, 0.3) is 0 Å². The van der Waals surface area contributed by atoms with Crippen molar-refractivity contribution >= 4 is 0 Å². The Balaban J connectivity index is 1.25. The van der Waals surface area contributed by atoms with Crippen LogP contribution in [0.4, 0.5) is 0 Å². The molecule has 2 aliphatic heterocycles. The quantitative estimate of drug-likeness (QED) is 0.685. The molecule has 5 heteroatoms. The Morgan fingerprint density at radius 3 is 2.47 bits per heavy atom. The van der Waals surface area contributed by atoms with Crippen molar-refractivity contribution in [1.29, 1.82) is 0 Å². The Labute approximate surface area is 194 Å². The third-order valence-corrected chi connectivity index (χ3v) is 11.4. The molecule has 6 rings (SSSR count). The third-order valence-electron chi connectivity index (χ3n) is 11.4. The van der Waals surface area contributed by atoms with Crippen molar-refractivity contribution in [3.8, 4) is 0 Å². The predicted octanol–water partition coefficient (Wildman–Crippen LogP) is 3.26. The van der Waals surface area contributed by atoms with Crippen LogP contribution in [-0.4, -0.2) is 77.2 Å². The molecule has 0 aromatic rings. The molecule has 0 aromatic carbocycles. The smallest absolute Gasteiger partial charge is 0.0799 e. The summed E-state index contributed by atoms with van der Waals surface area (Å²) in [6.45, 7) is 9.62. The van der Waals surface area contributed by atoms with Crippen molar-refractivity contribution in [2.75, 3.05) is 32.8 Å². The van der Waals surface area contributed by atoms with Crippen molar-refractivity contribution in [2.45, 2.75) is 89.5 Å². The highest BCUT2D eigenvalue weighted by atomic mass is 16.5. The van der Waals surface area contributed by atoms with E-state index in [1.165, 1.54) is 32.1 Å². The molecule has 0 spiro atoms. The van der Waals surface area contributed by atoms with Gasteiger partial charge in [-0.25, -0.2) is 0 Å². The monoisotopic (exact) mass is 444 g/mol. The first-order valence-electron chi connectivity index (χ1n) is 13.5. The molecule has 6 aliphatic rings. The number of rotatable bonds is 2. The lowest BCUT2D eigenvalue weighted by molar-refractivity contribution is -0.158. The van der Waals surface area contributed by atoms with E-state index in [2.05, 4.69) is 35.9 Å². The molecule has 4 aliphatic carbocycles. The summed E-state index contributed by atoms with van der Waals surface area (Å²) in [6, 6.07) is 0.603. The van der Waals surface area contributed by atoms with Gasteiger partial charge in [-0.1, -0.05) is 19.9 Å². The number of morpholine rings is 1. The minimum absolute atomic E-state index is 0.0727. The summed E-state index contributed by atoms with van der Waals surface area (Å²) in [5, 5.41) is 22.6. The molecule has 180 valence electrons. The van der Waals surface area contributed by atoms with Gasteiger partial charge in [0.1, 0.15) is 0 Å². The van der Waals surface area contributed by atoms with Crippen LogP contribution in [0.1, 0.15) is 65.2 Å². The molecule has 1 saturated heterocycles. The molecule has 0 radical (unpaired) electrons. The van der Waals surface area contributed by atoms with Gasteiger partial charge in [-0.05, 0) is 92.1 Å². The number of fused-ring (bicyclic) bond motifs is 5. The minimum Gasteiger partial charge on any atom is -0.391 e. The zero-order chi connectivity index (χ0) is 22.1. The fraction of sp³-hybridized carbons (Fsp3) is 0.926. The zero-order valence-electron chi connectivity index (χ0n) is 20.2. The molecule has 10 atom stereocenters. The first-order valence-corrected chi connectivity index (χ1v) is 13.5. The Kier molecular flexibility index (Phi) is 5.45. The van der Waals surface area contributed by atoms with Crippen LogP contribution in [0.2, 0.25) is 0 Å². The number of nitrogens with zero attached hydrogens (tertiary/aromatic N) is 2. The molecule has 4 saturated carbocycles. The first kappa shape index (κ1) is 21.9. The molecule has 2 heterocycles. The number of aliphatic hydroxyl groups is 2. The highest BCUT2D eigenvalue weighted by Crippen LogP contribution is 2.66. The average molecular weight is 445 g/mol. The van der Waals surface area contributed by atoms with Crippen LogP contribution in [0.15, 0.2) is 12.3 Å². The largest absolute Gasteiger partial charge is 0.391 e. The fourth-order valence-corrected chi connectivity index (χ4v) is 9.65. The van der Waals surface area contributed by atoms with Crippen LogP contribution >= 0.6 is 0 Å². The average Bonchev–Trinajstić information content (AvgIpc) is 3.41. The number of hydrogen-bond acceptors (Lipinski definition) is 5. The van der Waals surface area contributed by atoms with E-state index in [-0.39, 0.29) is 17.6 Å². The highest BCUT2D eigenvalue weighted by Gasteiger charge is 2.63. The van der Waals surface area contributed by atoms with Crippen LogP contribution < -0.4 is 0 Å². The predicted molar refractivity (Wildman–Crippen MR) is 125 cm³/mol. The van der Waals surface area contributed by atoms with E-state index in [0.717, 1.165) is 63.9 Å². The summed E-state index contributed by atoms with van der Waals surface area (Å²) in [5.74, 6) is 2.78. The summed E-state index contributed by atoms with van der Waals surface area (Å²) in [7, 11) is 0. The molecule has 5 fully saturated rings. The molecule has 2 N–H and O–H groups in total. The normalized spacial score (nSPS) is 53.7. The van der Waals surface area contributed by atoms with Gasteiger partial charge in [-0.3, -0.25) is 4.90 Å². The lowest BCUT2D eigenvalue weighted by Crippen LogP contribution is -2.61. The number of ether oxygens (including phenoxy) is 1. The van der Waals surface area contributed by atoms with Gasteiger partial charge in [-0.15, -0.1) is 0 Å². The fourth-order valence-electron chi connectivity index (χ4n) is 9.65. The first-order chi connectivity index (χ1) is 15.4. The van der Waals surface area contributed by atoms with Gasteiger partial charge in [-0.2, -0.15) is 0 Å². The summed E-state index contributed by atoms with van der Waals surface area (Å²) >= 11 is 0. The van der Waals surface area contributed by atoms with Gasteiger partial charge in [0.15, 0.2) is 0 Å². The molecule has 0 amide bonds. The van der Waals surface area contributed by atoms with Gasteiger partial charge in [0, 0.05) is 25.7 Å². The topological polar surface area (TPSA) is 56.2 Å². The summed E-state index contributed by atoms with van der Waals surface area (Å²) in [4.78, 5) is 4.98. The van der Waals surface area contributed by atoms with Crippen LogP contribution in [0, 0.1) is 34.5 Å². The summed E-state index contributed by atoms with van der Waals surface area (Å²) < 4.78 is 5.61. The highest BCUT2D eigenvalue weighted by molar-refractivity contribution is 5.15. The molecule has 0 unspecified atom stereocenters. The Morgan fingerprint density at radius 2 is 1.72 bits per heavy atom. The molecular formula is C27H44N2O3. The van der Waals surface area contributed by atoms with E-state index in [0.29, 0.717) is 29.3 Å². The maximum Gasteiger partial charge on any atom is 0.0799 e. The van der Waals surface area contributed by atoms with E-state index in [4.69, 9.17) is 4.74 Å². The van der Waals surface area contributed by atoms with E-state index in [1.54, 1.807) is 0 Å². The van der Waals surface area contributed by atoms with Gasteiger partial charge < -0.3 is 19.8 Å². The summed E-state index contributed by atoms with van der Waals surface area (Å²) in [6.07, 6.45) is 13.5. The van der Waals surface area contributed by atoms with Crippen molar-refractivity contribution in [3.05, 3.63) is 12.3 Å². The van der Waals surface area contributed by atoms with Crippen molar-refractivity contribution in [3.63, 3.8) is 0 Å². The van der Waals surface area contributed by atoms with E-state index in [9.17, 15) is 10.2 Å².